The normalized spacial score (nSPS) is 10.9. The van der Waals surface area contributed by atoms with Crippen LogP contribution in [-0.2, 0) is 6.54 Å². The number of fused-ring (bicyclic) bond motifs is 1. The molecule has 1 aromatic carbocycles. The second kappa shape index (κ2) is 6.99. The summed E-state index contributed by atoms with van der Waals surface area (Å²) in [4.78, 5) is 27.1. The molecule has 3 heterocycles. The Morgan fingerprint density at radius 3 is 2.59 bits per heavy atom. The summed E-state index contributed by atoms with van der Waals surface area (Å²) >= 11 is 0. The minimum absolute atomic E-state index is 0.141. The van der Waals surface area contributed by atoms with E-state index in [2.05, 4.69) is 27.1 Å². The van der Waals surface area contributed by atoms with Gasteiger partial charge < -0.3 is 4.90 Å². The molecule has 27 heavy (non-hydrogen) atoms. The Hall–Kier alpha value is -3.54. The van der Waals surface area contributed by atoms with Gasteiger partial charge in [0.15, 0.2) is 5.65 Å². The van der Waals surface area contributed by atoms with Crippen LogP contribution in [0.1, 0.15) is 5.56 Å². The Kier molecular flexibility index (Phi) is 4.38. The van der Waals surface area contributed by atoms with Crippen LogP contribution in [0, 0.1) is 0 Å². The summed E-state index contributed by atoms with van der Waals surface area (Å²) in [6, 6.07) is 15.9. The molecule has 134 valence electrons. The summed E-state index contributed by atoms with van der Waals surface area (Å²) in [6.45, 7) is 0.459. The molecule has 3 aromatic heterocycles. The van der Waals surface area contributed by atoms with Crippen molar-refractivity contribution in [2.24, 2.45) is 0 Å². The lowest BCUT2D eigenvalue weighted by Crippen LogP contribution is -2.21. The minimum Gasteiger partial charge on any atom is -0.363 e. The fourth-order valence-corrected chi connectivity index (χ4v) is 3.02. The summed E-state index contributed by atoms with van der Waals surface area (Å²) in [5, 5.41) is 0. The number of benzene rings is 1. The third kappa shape index (κ3) is 3.42. The summed E-state index contributed by atoms with van der Waals surface area (Å²) in [7, 11) is 3.93. The van der Waals surface area contributed by atoms with Gasteiger partial charge in [0, 0.05) is 32.1 Å². The summed E-state index contributed by atoms with van der Waals surface area (Å²) in [5.41, 5.74) is 4.29. The highest BCUT2D eigenvalue weighted by molar-refractivity contribution is 5.69. The second-order valence-electron chi connectivity index (χ2n) is 6.53. The van der Waals surface area contributed by atoms with Crippen LogP contribution in [0.3, 0.4) is 0 Å². The molecule has 6 nitrogen and oxygen atoms in total. The number of pyridine rings is 2. The Morgan fingerprint density at radius 1 is 0.926 bits per heavy atom. The van der Waals surface area contributed by atoms with Crippen LogP contribution in [0.2, 0.25) is 0 Å². The first-order valence-corrected chi connectivity index (χ1v) is 8.65. The first kappa shape index (κ1) is 16.9. The van der Waals surface area contributed by atoms with Gasteiger partial charge in [0.05, 0.1) is 18.3 Å². The van der Waals surface area contributed by atoms with Gasteiger partial charge in [0.25, 0.3) is 5.56 Å². The second-order valence-corrected chi connectivity index (χ2v) is 6.53. The zero-order chi connectivity index (χ0) is 18.8. The van der Waals surface area contributed by atoms with Crippen molar-refractivity contribution in [1.82, 2.24) is 19.5 Å². The van der Waals surface area contributed by atoms with Gasteiger partial charge in [-0.15, -0.1) is 0 Å². The number of rotatable bonds is 4. The zero-order valence-electron chi connectivity index (χ0n) is 15.2. The smallest absolute Gasteiger partial charge is 0.269 e. The van der Waals surface area contributed by atoms with Crippen LogP contribution >= 0.6 is 0 Å². The predicted octanol–water partition coefficient (Wildman–Crippen LogP) is 2.97. The molecule has 6 heteroatoms. The first-order chi connectivity index (χ1) is 13.1. The van der Waals surface area contributed by atoms with Crippen molar-refractivity contribution in [3.8, 4) is 11.1 Å². The number of anilines is 1. The van der Waals surface area contributed by atoms with E-state index in [1.54, 1.807) is 10.8 Å². The Bertz CT molecular complexity index is 1150. The molecule has 0 bridgehead atoms. The number of nitrogens with zero attached hydrogens (tertiary/aromatic N) is 5. The van der Waals surface area contributed by atoms with Crippen molar-refractivity contribution in [3.05, 3.63) is 83.0 Å². The summed E-state index contributed by atoms with van der Waals surface area (Å²) < 4.78 is 1.70. The molecule has 0 spiro atoms. The monoisotopic (exact) mass is 357 g/mol. The number of hydrogen-bond acceptors (Lipinski definition) is 5. The standard InChI is InChI=1S/C21H19N5O/c1-25(2)19-9-8-17(12-23-19)16-6-3-5-15(11-16)14-26-18-7-4-10-22-21(18)24-13-20(26)27/h3-13H,14H2,1-2H3. The molecule has 0 aliphatic rings. The quantitative estimate of drug-likeness (QED) is 0.562. The van der Waals surface area contributed by atoms with Gasteiger partial charge in [-0.25, -0.2) is 15.0 Å². The molecule has 0 atom stereocenters. The van der Waals surface area contributed by atoms with Crippen molar-refractivity contribution < 1.29 is 0 Å². The number of hydrogen-bond donors (Lipinski definition) is 0. The average molecular weight is 357 g/mol. The van der Waals surface area contributed by atoms with Crippen LogP contribution in [0.4, 0.5) is 5.82 Å². The third-order valence-electron chi connectivity index (χ3n) is 4.43. The van der Waals surface area contributed by atoms with Gasteiger partial charge in [-0.3, -0.25) is 9.36 Å². The van der Waals surface area contributed by atoms with Crippen molar-refractivity contribution in [2.75, 3.05) is 19.0 Å². The van der Waals surface area contributed by atoms with Crippen molar-refractivity contribution in [1.29, 1.82) is 0 Å². The highest BCUT2D eigenvalue weighted by atomic mass is 16.1. The third-order valence-corrected chi connectivity index (χ3v) is 4.43. The van der Waals surface area contributed by atoms with E-state index in [1.807, 2.05) is 61.6 Å². The molecule has 0 fully saturated rings. The van der Waals surface area contributed by atoms with E-state index in [0.717, 1.165) is 28.0 Å². The summed E-state index contributed by atoms with van der Waals surface area (Å²) in [5.74, 6) is 0.914. The maximum atomic E-state index is 12.4. The molecule has 0 amide bonds. The Morgan fingerprint density at radius 2 is 1.81 bits per heavy atom. The molecule has 0 saturated heterocycles. The maximum absolute atomic E-state index is 12.4. The van der Waals surface area contributed by atoms with Gasteiger partial charge >= 0.3 is 0 Å². The zero-order valence-corrected chi connectivity index (χ0v) is 15.2. The van der Waals surface area contributed by atoms with Crippen LogP contribution in [0.5, 0.6) is 0 Å². The topological polar surface area (TPSA) is 63.9 Å². The molecule has 4 rings (SSSR count). The molecule has 0 aliphatic carbocycles. The lowest BCUT2D eigenvalue weighted by atomic mass is 10.0. The predicted molar refractivity (Wildman–Crippen MR) is 107 cm³/mol. The van der Waals surface area contributed by atoms with E-state index in [0.29, 0.717) is 12.2 Å². The highest BCUT2D eigenvalue weighted by Gasteiger charge is 2.07. The molecular formula is C21H19N5O. The van der Waals surface area contributed by atoms with Crippen molar-refractivity contribution >= 4 is 17.0 Å². The molecule has 4 aromatic rings. The largest absolute Gasteiger partial charge is 0.363 e. The van der Waals surface area contributed by atoms with Crippen LogP contribution in [-0.4, -0.2) is 33.6 Å². The van der Waals surface area contributed by atoms with Gasteiger partial charge in [-0.1, -0.05) is 18.2 Å². The SMILES string of the molecule is CN(C)c1ccc(-c2cccc(Cn3c(=O)cnc4ncccc43)c2)cn1. The fraction of sp³-hybridized carbons (Fsp3) is 0.143. The van der Waals surface area contributed by atoms with E-state index >= 15 is 0 Å². The van der Waals surface area contributed by atoms with E-state index in [1.165, 1.54) is 6.20 Å². The van der Waals surface area contributed by atoms with E-state index < -0.39 is 0 Å². The lowest BCUT2D eigenvalue weighted by molar-refractivity contribution is 0.784. The number of aromatic nitrogens is 4. The summed E-state index contributed by atoms with van der Waals surface area (Å²) in [6.07, 6.45) is 4.87. The van der Waals surface area contributed by atoms with Crippen molar-refractivity contribution in [2.45, 2.75) is 6.54 Å². The van der Waals surface area contributed by atoms with E-state index in [-0.39, 0.29) is 5.56 Å². The van der Waals surface area contributed by atoms with Crippen LogP contribution in [0.15, 0.2) is 71.9 Å². The minimum atomic E-state index is -0.141. The maximum Gasteiger partial charge on any atom is 0.269 e. The molecule has 0 N–H and O–H groups in total. The average Bonchev–Trinajstić information content (AvgIpc) is 2.70. The molecule has 0 radical (unpaired) electrons. The van der Waals surface area contributed by atoms with Crippen molar-refractivity contribution in [3.63, 3.8) is 0 Å². The van der Waals surface area contributed by atoms with Gasteiger partial charge in [0.1, 0.15) is 5.82 Å². The highest BCUT2D eigenvalue weighted by Crippen LogP contribution is 2.22. The van der Waals surface area contributed by atoms with E-state index in [4.69, 9.17) is 0 Å². The van der Waals surface area contributed by atoms with Crippen LogP contribution in [0.25, 0.3) is 22.3 Å². The lowest BCUT2D eigenvalue weighted by Gasteiger charge is -2.12. The van der Waals surface area contributed by atoms with Gasteiger partial charge in [-0.2, -0.15) is 0 Å². The molecule has 0 aliphatic heterocycles. The molecular weight excluding hydrogens is 338 g/mol. The van der Waals surface area contributed by atoms with E-state index in [9.17, 15) is 4.79 Å². The van der Waals surface area contributed by atoms with Crippen LogP contribution < -0.4 is 10.5 Å². The fourth-order valence-electron chi connectivity index (χ4n) is 3.02. The Labute approximate surface area is 156 Å². The molecule has 0 unspecified atom stereocenters. The van der Waals surface area contributed by atoms with Gasteiger partial charge in [0.2, 0.25) is 0 Å². The molecule has 0 saturated carbocycles. The van der Waals surface area contributed by atoms with Gasteiger partial charge in [-0.05, 0) is 41.5 Å². The Balaban J connectivity index is 1.70. The first-order valence-electron chi connectivity index (χ1n) is 8.65.